The van der Waals surface area contributed by atoms with Gasteiger partial charge in [-0.05, 0) is 42.7 Å². The zero-order chi connectivity index (χ0) is 19.4. The van der Waals surface area contributed by atoms with Gasteiger partial charge in [0.2, 0.25) is 5.91 Å². The van der Waals surface area contributed by atoms with Crippen LogP contribution >= 0.6 is 11.6 Å². The summed E-state index contributed by atoms with van der Waals surface area (Å²) in [7, 11) is 1.75. The van der Waals surface area contributed by atoms with E-state index in [1.54, 1.807) is 30.1 Å². The summed E-state index contributed by atoms with van der Waals surface area (Å²) >= 11 is 6.17. The lowest BCUT2D eigenvalue weighted by Crippen LogP contribution is -2.63. The van der Waals surface area contributed by atoms with Gasteiger partial charge in [-0.25, -0.2) is 4.39 Å². The molecule has 1 amide bonds. The third kappa shape index (κ3) is 4.42. The molecule has 6 heteroatoms. The third-order valence-electron chi connectivity index (χ3n) is 4.99. The molecule has 0 spiro atoms. The van der Waals surface area contributed by atoms with Crippen LogP contribution in [0.4, 0.5) is 4.39 Å². The number of nitrogens with zero attached hydrogens (tertiary/aromatic N) is 1. The van der Waals surface area contributed by atoms with Gasteiger partial charge in [0.05, 0.1) is 17.0 Å². The average Bonchev–Trinajstić information content (AvgIpc) is 2.61. The van der Waals surface area contributed by atoms with Gasteiger partial charge in [-0.2, -0.15) is 0 Å². The summed E-state index contributed by atoms with van der Waals surface area (Å²) in [6.45, 7) is 3.84. The first-order chi connectivity index (χ1) is 12.9. The second-order valence-corrected chi connectivity index (χ2v) is 7.57. The Kier molecular flexibility index (Phi) is 6.02. The van der Waals surface area contributed by atoms with Crippen molar-refractivity contribution in [3.8, 4) is 5.75 Å². The molecule has 0 aliphatic carbocycles. The van der Waals surface area contributed by atoms with E-state index < -0.39 is 5.41 Å². The van der Waals surface area contributed by atoms with Gasteiger partial charge in [-0.1, -0.05) is 35.9 Å². The second kappa shape index (κ2) is 8.28. The number of halogens is 2. The molecule has 0 saturated carbocycles. The number of ether oxygens (including phenoxy) is 1. The number of amides is 1. The van der Waals surface area contributed by atoms with E-state index in [2.05, 4.69) is 5.32 Å². The highest BCUT2D eigenvalue weighted by Gasteiger charge is 2.46. The van der Waals surface area contributed by atoms with Crippen molar-refractivity contribution >= 4 is 17.5 Å². The Balaban J connectivity index is 1.59. The Morgan fingerprint density at radius 1 is 1.30 bits per heavy atom. The van der Waals surface area contributed by atoms with E-state index in [1.165, 1.54) is 6.07 Å². The molecule has 1 aliphatic heterocycles. The van der Waals surface area contributed by atoms with Crippen LogP contribution in [0.1, 0.15) is 11.1 Å². The summed E-state index contributed by atoms with van der Waals surface area (Å²) in [6.07, 6.45) is 0.389. The summed E-state index contributed by atoms with van der Waals surface area (Å²) in [5.74, 6) is 0.342. The molecule has 1 aliphatic rings. The van der Waals surface area contributed by atoms with Gasteiger partial charge in [0.15, 0.2) is 0 Å². The largest absolute Gasteiger partial charge is 0.490 e. The van der Waals surface area contributed by atoms with Crippen LogP contribution in [-0.4, -0.2) is 44.1 Å². The zero-order valence-corrected chi connectivity index (χ0v) is 16.4. The Labute approximate surface area is 164 Å². The van der Waals surface area contributed by atoms with E-state index in [-0.39, 0.29) is 11.7 Å². The maximum atomic E-state index is 14.0. The highest BCUT2D eigenvalue weighted by molar-refractivity contribution is 6.32. The number of likely N-dealkylation sites (N-methyl/N-ethyl adjacent to an activating group) is 1. The van der Waals surface area contributed by atoms with Crippen LogP contribution in [0.5, 0.6) is 5.75 Å². The highest BCUT2D eigenvalue weighted by atomic mass is 35.5. The number of hydrogen-bond donors (Lipinski definition) is 1. The van der Waals surface area contributed by atoms with Gasteiger partial charge in [0.1, 0.15) is 18.2 Å². The van der Waals surface area contributed by atoms with Crippen LogP contribution in [0.2, 0.25) is 5.02 Å². The molecule has 1 saturated heterocycles. The van der Waals surface area contributed by atoms with Crippen molar-refractivity contribution in [2.45, 2.75) is 13.3 Å². The summed E-state index contributed by atoms with van der Waals surface area (Å²) in [5, 5.41) is 3.71. The SMILES string of the molecule is Cc1ccc(OCCN(C)C(=O)C2(Cc3ccccc3F)CNC2)c(Cl)c1. The lowest BCUT2D eigenvalue weighted by molar-refractivity contribution is -0.144. The number of rotatable bonds is 7. The minimum atomic E-state index is -0.599. The molecule has 0 bridgehead atoms. The Morgan fingerprint density at radius 2 is 2.04 bits per heavy atom. The molecular weight excluding hydrogens is 367 g/mol. The van der Waals surface area contributed by atoms with Crippen molar-refractivity contribution in [3.05, 3.63) is 64.4 Å². The fourth-order valence-corrected chi connectivity index (χ4v) is 3.60. The minimum absolute atomic E-state index is 0.00288. The standard InChI is InChI=1S/C21H24ClFN2O2/c1-15-7-8-19(17(22)11-15)27-10-9-25(2)20(26)21(13-24-14-21)12-16-5-3-4-6-18(16)23/h3-8,11,24H,9-10,12-14H2,1-2H3. The molecule has 2 aromatic carbocycles. The maximum absolute atomic E-state index is 14.0. The Morgan fingerprint density at radius 3 is 2.67 bits per heavy atom. The van der Waals surface area contributed by atoms with E-state index in [4.69, 9.17) is 16.3 Å². The lowest BCUT2D eigenvalue weighted by atomic mass is 9.75. The molecule has 0 aromatic heterocycles. The molecule has 144 valence electrons. The van der Waals surface area contributed by atoms with Crippen molar-refractivity contribution in [3.63, 3.8) is 0 Å². The van der Waals surface area contributed by atoms with Gasteiger partial charge in [-0.3, -0.25) is 4.79 Å². The highest BCUT2D eigenvalue weighted by Crippen LogP contribution is 2.31. The molecule has 0 radical (unpaired) electrons. The van der Waals surface area contributed by atoms with Crippen LogP contribution in [0.25, 0.3) is 0 Å². The van der Waals surface area contributed by atoms with Crippen LogP contribution in [0.3, 0.4) is 0 Å². The van der Waals surface area contributed by atoms with Gasteiger partial charge in [0.25, 0.3) is 0 Å². The molecule has 0 unspecified atom stereocenters. The molecule has 1 heterocycles. The second-order valence-electron chi connectivity index (χ2n) is 7.16. The molecule has 27 heavy (non-hydrogen) atoms. The monoisotopic (exact) mass is 390 g/mol. The average molecular weight is 391 g/mol. The molecule has 2 aromatic rings. The Bertz CT molecular complexity index is 824. The lowest BCUT2D eigenvalue weighted by Gasteiger charge is -2.43. The topological polar surface area (TPSA) is 41.6 Å². The fourth-order valence-electron chi connectivity index (χ4n) is 3.31. The van der Waals surface area contributed by atoms with Crippen LogP contribution < -0.4 is 10.1 Å². The van der Waals surface area contributed by atoms with Crippen molar-refractivity contribution < 1.29 is 13.9 Å². The summed E-state index contributed by atoms with van der Waals surface area (Å²) < 4.78 is 19.7. The quantitative estimate of drug-likeness (QED) is 0.787. The van der Waals surface area contributed by atoms with E-state index in [0.717, 1.165) is 5.56 Å². The first kappa shape index (κ1) is 19.6. The molecule has 4 nitrogen and oxygen atoms in total. The number of benzene rings is 2. The third-order valence-corrected chi connectivity index (χ3v) is 5.28. The van der Waals surface area contributed by atoms with Gasteiger partial charge in [0, 0.05) is 20.1 Å². The minimum Gasteiger partial charge on any atom is -0.490 e. The van der Waals surface area contributed by atoms with Crippen molar-refractivity contribution in [1.29, 1.82) is 0 Å². The Hall–Kier alpha value is -2.11. The fraction of sp³-hybridized carbons (Fsp3) is 0.381. The van der Waals surface area contributed by atoms with Crippen molar-refractivity contribution in [2.24, 2.45) is 5.41 Å². The molecule has 1 fully saturated rings. The maximum Gasteiger partial charge on any atom is 0.231 e. The van der Waals surface area contributed by atoms with Crippen LogP contribution in [0, 0.1) is 18.2 Å². The van der Waals surface area contributed by atoms with Gasteiger partial charge < -0.3 is 15.0 Å². The van der Waals surface area contributed by atoms with E-state index in [9.17, 15) is 9.18 Å². The molecule has 3 rings (SSSR count). The molecule has 0 atom stereocenters. The van der Waals surface area contributed by atoms with Gasteiger partial charge in [-0.15, -0.1) is 0 Å². The van der Waals surface area contributed by atoms with E-state index in [1.807, 2.05) is 25.1 Å². The first-order valence-corrected chi connectivity index (χ1v) is 9.38. The summed E-state index contributed by atoms with van der Waals surface area (Å²) in [6, 6.07) is 12.2. The number of hydrogen-bond acceptors (Lipinski definition) is 3. The van der Waals surface area contributed by atoms with Gasteiger partial charge >= 0.3 is 0 Å². The van der Waals surface area contributed by atoms with E-state index >= 15 is 0 Å². The predicted octanol–water partition coefficient (Wildman–Crippen LogP) is 3.46. The summed E-state index contributed by atoms with van der Waals surface area (Å²) in [5.41, 5.74) is 1.04. The molecular formula is C21H24ClFN2O2. The summed E-state index contributed by atoms with van der Waals surface area (Å²) in [4.78, 5) is 14.7. The van der Waals surface area contributed by atoms with Crippen molar-refractivity contribution in [1.82, 2.24) is 10.2 Å². The number of carbonyl (C=O) groups excluding carboxylic acids is 1. The van der Waals surface area contributed by atoms with Crippen LogP contribution in [-0.2, 0) is 11.2 Å². The zero-order valence-electron chi connectivity index (χ0n) is 15.6. The number of nitrogens with one attached hydrogen (secondary N) is 1. The van der Waals surface area contributed by atoms with E-state index in [0.29, 0.717) is 49.0 Å². The molecule has 1 N–H and O–H groups in total. The van der Waals surface area contributed by atoms with Crippen molar-refractivity contribution in [2.75, 3.05) is 33.3 Å². The number of aryl methyl sites for hydroxylation is 1. The van der Waals surface area contributed by atoms with Crippen LogP contribution in [0.15, 0.2) is 42.5 Å². The number of carbonyl (C=O) groups is 1. The predicted molar refractivity (Wildman–Crippen MR) is 105 cm³/mol. The smallest absolute Gasteiger partial charge is 0.231 e. The normalized spacial score (nSPS) is 15.1. The first-order valence-electron chi connectivity index (χ1n) is 9.00.